The van der Waals surface area contributed by atoms with Crippen LogP contribution in [0, 0.1) is 11.2 Å². The summed E-state index contributed by atoms with van der Waals surface area (Å²) in [5.74, 6) is -3.53. The topological polar surface area (TPSA) is 113 Å². The molecular weight excluding hydrogens is 455 g/mol. The Bertz CT molecular complexity index is 1130. The van der Waals surface area contributed by atoms with Crippen LogP contribution in [0.2, 0.25) is 0 Å². The van der Waals surface area contributed by atoms with Crippen LogP contribution in [0.15, 0.2) is 30.5 Å². The van der Waals surface area contributed by atoms with E-state index in [4.69, 9.17) is 11.1 Å². The Morgan fingerprint density at radius 1 is 1.30 bits per heavy atom. The molecule has 176 valence electrons. The van der Waals surface area contributed by atoms with E-state index in [1.807, 2.05) is 0 Å². The molecule has 3 aromatic rings. The number of aromatic nitrogens is 3. The SMILES string of the molecule is C=N.Cn1ncc(NC(=O)c2nc(-c3ccccc3F)sc2N)c1N1CCCCC(F)(F)C1. The normalized spacial score (nSPS) is 15.3. The smallest absolute Gasteiger partial charge is 0.277 e. The van der Waals surface area contributed by atoms with E-state index in [2.05, 4.69) is 22.1 Å². The Hall–Kier alpha value is -3.41. The summed E-state index contributed by atoms with van der Waals surface area (Å²) >= 11 is 0.996. The van der Waals surface area contributed by atoms with Crippen molar-refractivity contribution in [2.24, 2.45) is 7.05 Å². The second-order valence-corrected chi connectivity index (χ2v) is 8.44. The molecule has 4 N–H and O–H groups in total. The molecule has 0 atom stereocenters. The maximum Gasteiger partial charge on any atom is 0.277 e. The maximum atomic E-state index is 14.1. The van der Waals surface area contributed by atoms with Crippen molar-refractivity contribution in [2.45, 2.75) is 25.2 Å². The molecule has 0 spiro atoms. The number of aryl methyl sites for hydroxylation is 1. The van der Waals surface area contributed by atoms with Gasteiger partial charge in [0.15, 0.2) is 11.5 Å². The van der Waals surface area contributed by atoms with Gasteiger partial charge in [0, 0.05) is 25.6 Å². The molecule has 1 aliphatic heterocycles. The summed E-state index contributed by atoms with van der Waals surface area (Å²) in [6, 6.07) is 6.06. The molecule has 0 radical (unpaired) electrons. The monoisotopic (exact) mass is 479 g/mol. The summed E-state index contributed by atoms with van der Waals surface area (Å²) < 4.78 is 43.8. The van der Waals surface area contributed by atoms with Gasteiger partial charge in [0.2, 0.25) is 0 Å². The first-order chi connectivity index (χ1) is 15.7. The zero-order chi connectivity index (χ0) is 24.2. The van der Waals surface area contributed by atoms with Crippen LogP contribution in [0.25, 0.3) is 10.6 Å². The number of amides is 1. The van der Waals surface area contributed by atoms with Crippen molar-refractivity contribution in [3.8, 4) is 10.6 Å². The molecule has 2 aromatic heterocycles. The van der Waals surface area contributed by atoms with Crippen LogP contribution in [0.4, 0.5) is 29.7 Å². The van der Waals surface area contributed by atoms with Crippen molar-refractivity contribution in [1.82, 2.24) is 14.8 Å². The average molecular weight is 480 g/mol. The van der Waals surface area contributed by atoms with Crippen LogP contribution in [0.3, 0.4) is 0 Å². The van der Waals surface area contributed by atoms with E-state index >= 15 is 0 Å². The lowest BCUT2D eigenvalue weighted by Gasteiger charge is -2.27. The van der Waals surface area contributed by atoms with Gasteiger partial charge in [-0.05, 0) is 31.7 Å². The van der Waals surface area contributed by atoms with E-state index in [0.717, 1.165) is 11.3 Å². The van der Waals surface area contributed by atoms with Crippen molar-refractivity contribution >= 4 is 40.5 Å². The number of nitrogen functional groups attached to an aromatic ring is 1. The predicted molar refractivity (Wildman–Crippen MR) is 124 cm³/mol. The first kappa shape index (κ1) is 24.2. The number of thiazole rings is 1. The third-order valence-corrected chi connectivity index (χ3v) is 5.99. The van der Waals surface area contributed by atoms with E-state index in [1.54, 1.807) is 25.2 Å². The molecule has 0 saturated carbocycles. The van der Waals surface area contributed by atoms with Gasteiger partial charge in [-0.15, -0.1) is 0 Å². The third kappa shape index (κ3) is 5.33. The van der Waals surface area contributed by atoms with Gasteiger partial charge in [-0.3, -0.25) is 9.48 Å². The Labute approximate surface area is 192 Å². The van der Waals surface area contributed by atoms with Crippen molar-refractivity contribution in [1.29, 1.82) is 5.41 Å². The van der Waals surface area contributed by atoms with Crippen molar-refractivity contribution in [3.63, 3.8) is 0 Å². The molecule has 1 fully saturated rings. The number of nitrogens with zero attached hydrogens (tertiary/aromatic N) is 4. The quantitative estimate of drug-likeness (QED) is 0.480. The molecule has 1 amide bonds. The number of hydrogen-bond donors (Lipinski definition) is 3. The molecule has 0 bridgehead atoms. The van der Waals surface area contributed by atoms with E-state index in [-0.39, 0.29) is 33.4 Å². The van der Waals surface area contributed by atoms with Gasteiger partial charge < -0.3 is 21.4 Å². The number of anilines is 3. The van der Waals surface area contributed by atoms with Gasteiger partial charge in [0.05, 0.1) is 12.7 Å². The first-order valence-electron chi connectivity index (χ1n) is 10.1. The summed E-state index contributed by atoms with van der Waals surface area (Å²) in [7, 11) is 1.63. The Morgan fingerprint density at radius 2 is 2.03 bits per heavy atom. The first-order valence-corrected chi connectivity index (χ1v) is 10.9. The lowest BCUT2D eigenvalue weighted by Crippen LogP contribution is -2.36. The molecule has 12 heteroatoms. The molecule has 1 saturated heterocycles. The molecule has 1 aromatic carbocycles. The second kappa shape index (κ2) is 10.0. The second-order valence-electron chi connectivity index (χ2n) is 7.41. The lowest BCUT2D eigenvalue weighted by atomic mass is 10.2. The predicted octanol–water partition coefficient (Wildman–Crippen LogP) is 4.41. The number of carbonyl (C=O) groups excluding carboxylic acids is 1. The van der Waals surface area contributed by atoms with Crippen LogP contribution < -0.4 is 16.0 Å². The highest BCUT2D eigenvalue weighted by Gasteiger charge is 2.35. The molecule has 1 aliphatic rings. The molecule has 33 heavy (non-hydrogen) atoms. The molecular formula is C21H24F3N7OS. The Balaban J connectivity index is 0.00000149. The van der Waals surface area contributed by atoms with Gasteiger partial charge in [-0.2, -0.15) is 5.10 Å². The third-order valence-electron chi connectivity index (χ3n) is 5.07. The largest absolute Gasteiger partial charge is 0.389 e. The highest BCUT2D eigenvalue weighted by Crippen LogP contribution is 2.35. The highest BCUT2D eigenvalue weighted by molar-refractivity contribution is 7.19. The molecule has 8 nitrogen and oxygen atoms in total. The summed E-state index contributed by atoms with van der Waals surface area (Å²) in [6.07, 6.45) is 2.27. The fourth-order valence-corrected chi connectivity index (χ4v) is 4.48. The van der Waals surface area contributed by atoms with Crippen LogP contribution in [-0.2, 0) is 7.05 Å². The van der Waals surface area contributed by atoms with Crippen LogP contribution in [0.1, 0.15) is 29.8 Å². The number of alkyl halides is 2. The van der Waals surface area contributed by atoms with Crippen molar-refractivity contribution in [3.05, 3.63) is 42.0 Å². The highest BCUT2D eigenvalue weighted by atomic mass is 32.1. The van der Waals surface area contributed by atoms with E-state index in [0.29, 0.717) is 25.2 Å². The van der Waals surface area contributed by atoms with Crippen LogP contribution in [-0.4, -0.2) is 46.4 Å². The molecule has 0 unspecified atom stereocenters. The zero-order valence-electron chi connectivity index (χ0n) is 17.9. The van der Waals surface area contributed by atoms with E-state index < -0.39 is 24.2 Å². The standard InChI is InChI=1S/C20H21F3N6OS.CH3N/c1-28-19(29-9-5-4-8-20(22,23)11-29)14(10-25-28)26-17(30)15-16(24)31-18(27-15)12-6-2-3-7-13(12)21;1-2/h2-3,6-7,10H,4-5,8-9,11,24H2,1H3,(H,26,30);2H,1H2. The Kier molecular flexibility index (Phi) is 7.36. The van der Waals surface area contributed by atoms with Crippen LogP contribution in [0.5, 0.6) is 0 Å². The van der Waals surface area contributed by atoms with Gasteiger partial charge in [0.25, 0.3) is 11.8 Å². The van der Waals surface area contributed by atoms with Gasteiger partial charge >= 0.3 is 0 Å². The maximum absolute atomic E-state index is 14.1. The Morgan fingerprint density at radius 3 is 2.76 bits per heavy atom. The number of nitrogens with two attached hydrogens (primary N) is 1. The summed E-state index contributed by atoms with van der Waals surface area (Å²) in [5, 5.41) is 12.7. The summed E-state index contributed by atoms with van der Waals surface area (Å²) in [4.78, 5) is 18.6. The molecule has 4 rings (SSSR count). The number of rotatable bonds is 4. The van der Waals surface area contributed by atoms with Crippen LogP contribution >= 0.6 is 11.3 Å². The minimum absolute atomic E-state index is 0.0562. The number of carbonyl (C=O) groups is 1. The summed E-state index contributed by atoms with van der Waals surface area (Å²) in [6.45, 7) is 2.47. The summed E-state index contributed by atoms with van der Waals surface area (Å²) in [5.41, 5.74) is 6.44. The minimum Gasteiger partial charge on any atom is -0.389 e. The lowest BCUT2D eigenvalue weighted by molar-refractivity contribution is 0.00330. The van der Waals surface area contributed by atoms with Gasteiger partial charge in [0.1, 0.15) is 21.5 Å². The molecule has 0 aliphatic carbocycles. The number of nitrogens with one attached hydrogen (secondary N) is 2. The van der Waals surface area contributed by atoms with Gasteiger partial charge in [-0.25, -0.2) is 18.2 Å². The van der Waals surface area contributed by atoms with Crippen molar-refractivity contribution in [2.75, 3.05) is 29.0 Å². The number of benzene rings is 1. The minimum atomic E-state index is -2.82. The zero-order valence-corrected chi connectivity index (χ0v) is 18.8. The number of halogens is 3. The fraction of sp³-hybridized carbons (Fsp3) is 0.333. The molecule has 3 heterocycles. The van der Waals surface area contributed by atoms with E-state index in [1.165, 1.54) is 21.8 Å². The van der Waals surface area contributed by atoms with Gasteiger partial charge in [-0.1, -0.05) is 23.5 Å². The average Bonchev–Trinajstić information content (AvgIpc) is 3.28. The number of hydrogen-bond acceptors (Lipinski definition) is 7. The van der Waals surface area contributed by atoms with E-state index in [9.17, 15) is 18.0 Å². The van der Waals surface area contributed by atoms with Crippen molar-refractivity contribution < 1.29 is 18.0 Å². The fourth-order valence-electron chi connectivity index (χ4n) is 3.62.